The Kier molecular flexibility index (Phi) is 5.19. The van der Waals surface area contributed by atoms with Crippen molar-refractivity contribution >= 4 is 17.8 Å². The van der Waals surface area contributed by atoms with Crippen LogP contribution in [0.15, 0.2) is 30.3 Å². The Hall–Kier alpha value is -2.17. The minimum atomic E-state index is -1.08. The first-order valence-corrected chi connectivity index (χ1v) is 7.94. The van der Waals surface area contributed by atoms with Gasteiger partial charge in [0.15, 0.2) is 0 Å². The zero-order valence-electron chi connectivity index (χ0n) is 13.6. The van der Waals surface area contributed by atoms with Gasteiger partial charge in [-0.15, -0.1) is 0 Å². The van der Waals surface area contributed by atoms with Crippen molar-refractivity contribution in [3.63, 3.8) is 0 Å². The molecule has 124 valence electrons. The molecule has 0 spiro atoms. The normalized spacial score (nSPS) is 21.3. The van der Waals surface area contributed by atoms with E-state index in [9.17, 15) is 14.4 Å². The summed E-state index contributed by atoms with van der Waals surface area (Å²) >= 11 is 0. The van der Waals surface area contributed by atoms with Gasteiger partial charge in [0, 0.05) is 13.0 Å². The fraction of sp³-hybridized carbons (Fsp3) is 0.500. The highest BCUT2D eigenvalue weighted by Crippen LogP contribution is 2.41. The van der Waals surface area contributed by atoms with E-state index in [1.54, 1.807) is 0 Å². The zero-order chi connectivity index (χ0) is 17.0. The maximum atomic E-state index is 12.8. The molecular weight excluding hydrogens is 294 g/mol. The largest absolute Gasteiger partial charge is 0.481 e. The van der Waals surface area contributed by atoms with Crippen LogP contribution >= 0.6 is 0 Å². The smallest absolute Gasteiger partial charge is 0.304 e. The third kappa shape index (κ3) is 3.97. The Bertz CT molecular complexity index is 596. The summed E-state index contributed by atoms with van der Waals surface area (Å²) in [5.74, 6) is -1.46. The van der Waals surface area contributed by atoms with Crippen molar-refractivity contribution in [2.75, 3.05) is 6.54 Å². The number of hydrogen-bond donors (Lipinski definition) is 1. The highest BCUT2D eigenvalue weighted by molar-refractivity contribution is 6.07. The van der Waals surface area contributed by atoms with E-state index >= 15 is 0 Å². The summed E-state index contributed by atoms with van der Waals surface area (Å²) in [7, 11) is 0. The predicted octanol–water partition coefficient (Wildman–Crippen LogP) is 2.50. The van der Waals surface area contributed by atoms with Crippen LogP contribution in [-0.4, -0.2) is 34.3 Å². The van der Waals surface area contributed by atoms with Gasteiger partial charge in [0.25, 0.3) is 0 Å². The van der Waals surface area contributed by atoms with Crippen LogP contribution in [0.2, 0.25) is 0 Å². The lowest BCUT2D eigenvalue weighted by atomic mass is 9.76. The first kappa shape index (κ1) is 17.2. The number of carboxylic acid groups (broad SMARTS) is 1. The number of aliphatic carboxylic acids is 1. The molecule has 2 rings (SSSR count). The second-order valence-electron chi connectivity index (χ2n) is 6.71. The summed E-state index contributed by atoms with van der Waals surface area (Å²) < 4.78 is 0. The average molecular weight is 317 g/mol. The molecule has 1 aromatic carbocycles. The maximum Gasteiger partial charge on any atom is 0.304 e. The summed E-state index contributed by atoms with van der Waals surface area (Å²) in [4.78, 5) is 37.5. The first-order valence-electron chi connectivity index (χ1n) is 7.94. The topological polar surface area (TPSA) is 74.7 Å². The number of nitrogens with zero attached hydrogens (tertiary/aromatic N) is 1. The number of amides is 2. The van der Waals surface area contributed by atoms with Crippen molar-refractivity contribution in [3.8, 4) is 0 Å². The van der Waals surface area contributed by atoms with Crippen LogP contribution in [0, 0.1) is 11.3 Å². The highest BCUT2D eigenvalue weighted by atomic mass is 16.4. The van der Waals surface area contributed by atoms with Gasteiger partial charge in [-0.1, -0.05) is 44.2 Å². The van der Waals surface area contributed by atoms with Crippen LogP contribution in [0.4, 0.5) is 0 Å². The molecule has 1 fully saturated rings. The molecule has 5 heteroatoms. The van der Waals surface area contributed by atoms with Gasteiger partial charge in [0.1, 0.15) is 0 Å². The maximum absolute atomic E-state index is 12.8. The number of imide groups is 1. The van der Waals surface area contributed by atoms with Crippen LogP contribution in [0.3, 0.4) is 0 Å². The minimum absolute atomic E-state index is 0.00506. The number of carboxylic acids is 1. The quantitative estimate of drug-likeness (QED) is 0.784. The summed E-state index contributed by atoms with van der Waals surface area (Å²) in [5.41, 5.74) is -0.0268. The Morgan fingerprint density at radius 2 is 1.91 bits per heavy atom. The fourth-order valence-electron chi connectivity index (χ4n) is 3.41. The minimum Gasteiger partial charge on any atom is -0.481 e. The van der Waals surface area contributed by atoms with Crippen LogP contribution < -0.4 is 0 Å². The zero-order valence-corrected chi connectivity index (χ0v) is 13.6. The van der Waals surface area contributed by atoms with Gasteiger partial charge < -0.3 is 5.11 Å². The number of likely N-dealkylation sites (tertiary alicyclic amines) is 1. The summed E-state index contributed by atoms with van der Waals surface area (Å²) in [5, 5.41) is 9.17. The van der Waals surface area contributed by atoms with Crippen molar-refractivity contribution in [3.05, 3.63) is 35.9 Å². The van der Waals surface area contributed by atoms with Gasteiger partial charge in [-0.2, -0.15) is 0 Å². The predicted molar refractivity (Wildman–Crippen MR) is 85.6 cm³/mol. The summed E-state index contributed by atoms with van der Waals surface area (Å²) in [6.07, 6.45) is 0.734. The fourth-order valence-corrected chi connectivity index (χ4v) is 3.41. The molecule has 0 radical (unpaired) electrons. The number of benzene rings is 1. The molecule has 5 nitrogen and oxygen atoms in total. The molecule has 1 saturated heterocycles. The van der Waals surface area contributed by atoms with Crippen molar-refractivity contribution in [2.45, 2.75) is 39.5 Å². The van der Waals surface area contributed by atoms with E-state index in [1.165, 1.54) is 4.90 Å². The number of carbonyl (C=O) groups is 3. The number of carbonyl (C=O) groups excluding carboxylic acids is 2. The van der Waals surface area contributed by atoms with Crippen LogP contribution in [0.1, 0.15) is 38.7 Å². The van der Waals surface area contributed by atoms with E-state index in [2.05, 4.69) is 0 Å². The SMILES string of the molecule is CC(C)CC1(CC(=O)O)CC(=O)N(CCc2ccccc2)C1=O. The van der Waals surface area contributed by atoms with Gasteiger partial charge in [-0.3, -0.25) is 19.3 Å². The first-order chi connectivity index (χ1) is 10.8. The third-order valence-electron chi connectivity index (χ3n) is 4.25. The third-order valence-corrected chi connectivity index (χ3v) is 4.25. The monoisotopic (exact) mass is 317 g/mol. The molecule has 1 heterocycles. The Labute approximate surface area is 136 Å². The second kappa shape index (κ2) is 6.94. The molecule has 1 N–H and O–H groups in total. The van der Waals surface area contributed by atoms with Crippen LogP contribution in [0.25, 0.3) is 0 Å². The molecule has 0 saturated carbocycles. The van der Waals surface area contributed by atoms with Crippen molar-refractivity contribution < 1.29 is 19.5 Å². The van der Waals surface area contributed by atoms with E-state index in [4.69, 9.17) is 5.11 Å². The van der Waals surface area contributed by atoms with E-state index < -0.39 is 11.4 Å². The molecule has 1 unspecified atom stereocenters. The lowest BCUT2D eigenvalue weighted by molar-refractivity contribution is -0.148. The molecule has 0 aromatic heterocycles. The van der Waals surface area contributed by atoms with Gasteiger partial charge >= 0.3 is 5.97 Å². The summed E-state index contributed by atoms with van der Waals surface area (Å²) in [6.45, 7) is 4.18. The molecule has 2 amide bonds. The Balaban J connectivity index is 2.14. The Morgan fingerprint density at radius 1 is 1.26 bits per heavy atom. The molecule has 1 aliphatic heterocycles. The van der Waals surface area contributed by atoms with Crippen molar-refractivity contribution in [1.82, 2.24) is 4.90 Å². The van der Waals surface area contributed by atoms with Gasteiger partial charge in [-0.25, -0.2) is 0 Å². The lowest BCUT2D eigenvalue weighted by Gasteiger charge is -2.27. The number of rotatable bonds is 7. The van der Waals surface area contributed by atoms with Crippen molar-refractivity contribution in [1.29, 1.82) is 0 Å². The lowest BCUT2D eigenvalue weighted by Crippen LogP contribution is -2.38. The standard InChI is InChI=1S/C18H23NO4/c1-13(2)10-18(12-16(21)22)11-15(20)19(17(18)23)9-8-14-6-4-3-5-7-14/h3-7,13H,8-12H2,1-2H3,(H,21,22). The number of hydrogen-bond acceptors (Lipinski definition) is 3. The highest BCUT2D eigenvalue weighted by Gasteiger charge is 2.52. The Morgan fingerprint density at radius 3 is 2.48 bits per heavy atom. The average Bonchev–Trinajstić information content (AvgIpc) is 2.67. The second-order valence-corrected chi connectivity index (χ2v) is 6.71. The molecule has 1 aromatic rings. The van der Waals surface area contributed by atoms with Crippen LogP contribution in [0.5, 0.6) is 0 Å². The molecule has 0 aliphatic carbocycles. The molecular formula is C18H23NO4. The van der Waals surface area contributed by atoms with E-state index in [0.29, 0.717) is 19.4 Å². The molecule has 23 heavy (non-hydrogen) atoms. The van der Waals surface area contributed by atoms with Crippen molar-refractivity contribution in [2.24, 2.45) is 11.3 Å². The molecule has 1 aliphatic rings. The molecule has 0 bridgehead atoms. The van der Waals surface area contributed by atoms with Crippen LogP contribution in [-0.2, 0) is 20.8 Å². The van der Waals surface area contributed by atoms with E-state index in [1.807, 2.05) is 44.2 Å². The van der Waals surface area contributed by atoms with E-state index in [-0.39, 0.29) is 30.6 Å². The van der Waals surface area contributed by atoms with E-state index in [0.717, 1.165) is 5.56 Å². The van der Waals surface area contributed by atoms with Gasteiger partial charge in [0.05, 0.1) is 11.8 Å². The van der Waals surface area contributed by atoms with Gasteiger partial charge in [-0.05, 0) is 24.3 Å². The van der Waals surface area contributed by atoms with Gasteiger partial charge in [0.2, 0.25) is 11.8 Å². The summed E-state index contributed by atoms with van der Waals surface area (Å²) in [6, 6.07) is 9.64. The molecule has 1 atom stereocenters.